The van der Waals surface area contributed by atoms with Gasteiger partial charge in [-0.15, -0.1) is 45.3 Å². The van der Waals surface area contributed by atoms with E-state index >= 15 is 9.59 Å². The molecule has 2 atom stereocenters. The molecule has 0 saturated heterocycles. The molecule has 0 saturated carbocycles. The van der Waals surface area contributed by atoms with Gasteiger partial charge < -0.3 is 9.13 Å². The van der Waals surface area contributed by atoms with Crippen LogP contribution in [0.4, 0.5) is 0 Å². The Morgan fingerprint density at radius 2 is 0.686 bits per heavy atom. The van der Waals surface area contributed by atoms with E-state index in [-0.39, 0.29) is 22.8 Å². The zero-order valence-electron chi connectivity index (χ0n) is 74.5. The van der Waals surface area contributed by atoms with Crippen LogP contribution < -0.4 is 0 Å². The lowest BCUT2D eigenvalue weighted by molar-refractivity contribution is 0.103. The third-order valence-corrected chi connectivity index (χ3v) is 32.3. The first-order valence-electron chi connectivity index (χ1n) is 48.5. The molecular formula is C106H138N8O2S5. The minimum Gasteiger partial charge on any atom is -0.337 e. The van der Waals surface area contributed by atoms with Gasteiger partial charge >= 0.3 is 0 Å². The molecule has 12 rings (SSSR count). The van der Waals surface area contributed by atoms with Crippen molar-refractivity contribution in [3.63, 3.8) is 0 Å². The molecule has 7 heterocycles. The monoisotopic (exact) mass is 1710 g/mol. The molecule has 3 aromatic carbocycles. The molecule has 7 aromatic heterocycles. The molecule has 0 N–H and O–H groups in total. The molecule has 10 nitrogen and oxygen atoms in total. The first-order valence-corrected chi connectivity index (χ1v) is 52.5. The molecule has 0 bridgehead atoms. The van der Waals surface area contributed by atoms with Crippen LogP contribution in [0.5, 0.6) is 0 Å². The number of ketones is 2. The van der Waals surface area contributed by atoms with E-state index < -0.39 is 0 Å². The largest absolute Gasteiger partial charge is 0.337 e. The average Bonchev–Trinajstić information content (AvgIpc) is 1.50. The van der Waals surface area contributed by atoms with Crippen LogP contribution in [0.25, 0.3) is 100 Å². The standard InChI is InChI=1S/C106H138N8O2S5/c1-8-14-20-26-32-36-40-46-52-66-82-87(68-84-89(77(70-107)71-108)78-62-54-56-64-80(78)99(84)115)117-105-97-103(119-101(82)105)91-93-94(112-121-111-93)92-96(95(91)113(97)73-75(58-48-42-30-24-18-12-5)60-50-44-38-34-28-22-16-10-3)114(74-76(59-49-43-31-25-19-13-6)61-51-45-39-35-29-23-17-11-4)98-104(92)120-102-83(67-53-47-41-37-33-27-21-15-9-2)88(118-106(98)102)69-85-90(86(72-109)110-7)79-63-55-57-65-81(79)100(85)116/h54-57,62-65,68-69,75-76H,8-53,58-61,66-67,73-74H2,1-6H3/b84-68-,85-69-,90-86-. The van der Waals surface area contributed by atoms with E-state index in [2.05, 4.69) is 85.9 Å². The lowest BCUT2D eigenvalue weighted by atomic mass is 9.93. The summed E-state index contributed by atoms with van der Waals surface area (Å²) >= 11 is 8.90. The molecule has 0 amide bonds. The second-order valence-corrected chi connectivity index (χ2v) is 40.4. The Labute approximate surface area is 745 Å². The molecule has 15 heteroatoms. The number of carbonyl (C=O) groups is 2. The molecular weight excluding hydrogens is 1580 g/mol. The predicted molar refractivity (Wildman–Crippen MR) is 524 cm³/mol. The second-order valence-electron chi connectivity index (χ2n) is 35.7. The van der Waals surface area contributed by atoms with E-state index in [1.54, 1.807) is 0 Å². The van der Waals surface area contributed by atoms with Crippen LogP contribution >= 0.6 is 57.1 Å². The Kier molecular flexibility index (Phi) is 37.4. The Bertz CT molecular complexity index is 5040. The summed E-state index contributed by atoms with van der Waals surface area (Å²) in [5, 5.41) is 34.7. The molecule has 2 aliphatic carbocycles. The summed E-state index contributed by atoms with van der Waals surface area (Å²) in [5.41, 5.74) is 13.7. The second kappa shape index (κ2) is 48.8. The van der Waals surface area contributed by atoms with Gasteiger partial charge in [0.2, 0.25) is 0 Å². The molecule has 0 aliphatic heterocycles. The van der Waals surface area contributed by atoms with Gasteiger partial charge in [-0.2, -0.15) is 19.3 Å². The predicted octanol–water partition coefficient (Wildman–Crippen LogP) is 34.9. The summed E-state index contributed by atoms with van der Waals surface area (Å²) in [6.07, 6.45) is 67.9. The van der Waals surface area contributed by atoms with Crippen LogP contribution in [-0.4, -0.2) is 29.4 Å². The van der Waals surface area contributed by atoms with Crippen molar-refractivity contribution in [3.05, 3.63) is 125 Å². The number of thiophene rings is 4. The fourth-order valence-corrected chi connectivity index (χ4v) is 26.4. The fraction of sp³-hybridized carbons (Fsp3) is 0.585. The van der Waals surface area contributed by atoms with E-state index in [1.807, 2.05) is 93.9 Å². The first kappa shape index (κ1) is 92.8. The quantitative estimate of drug-likeness (QED) is 0.0160. The number of carbonyl (C=O) groups excluding carboxylic acids is 2. The molecule has 2 aliphatic rings. The van der Waals surface area contributed by atoms with Crippen LogP contribution in [0, 0.1) is 52.4 Å². The maximum absolute atomic E-state index is 15.2. The minimum absolute atomic E-state index is 0.0336. The Balaban J connectivity index is 1.14. The number of rotatable bonds is 58. The van der Waals surface area contributed by atoms with Gasteiger partial charge in [-0.3, -0.25) is 9.59 Å². The Hall–Kier alpha value is -7.34. The Morgan fingerprint density at radius 3 is 1.01 bits per heavy atom. The molecule has 0 fully saturated rings. The number of aryl methyl sites for hydroxylation is 2. The number of benzene rings is 3. The highest BCUT2D eigenvalue weighted by molar-refractivity contribution is 7.34. The molecule has 121 heavy (non-hydrogen) atoms. The lowest BCUT2D eigenvalue weighted by Crippen LogP contribution is -2.14. The summed E-state index contributed by atoms with van der Waals surface area (Å²) in [5.74, 6) is 0.545. The minimum atomic E-state index is -0.137. The number of allylic oxidation sites excluding steroid dienone is 6. The summed E-state index contributed by atoms with van der Waals surface area (Å²) in [7, 11) is 0. The number of hydrogen-bond acceptors (Lipinski definition) is 12. The number of fused-ring (bicyclic) bond motifs is 16. The average molecular weight is 1720 g/mol. The van der Waals surface area contributed by atoms with Crippen LogP contribution in [0.3, 0.4) is 0 Å². The fourth-order valence-electron chi connectivity index (χ4n) is 19.9. The maximum atomic E-state index is 15.2. The van der Waals surface area contributed by atoms with Gasteiger partial charge in [0.05, 0.1) is 74.6 Å². The van der Waals surface area contributed by atoms with E-state index in [9.17, 15) is 15.8 Å². The van der Waals surface area contributed by atoms with Crippen molar-refractivity contribution in [2.75, 3.05) is 0 Å². The van der Waals surface area contributed by atoms with Crippen molar-refractivity contribution in [3.8, 4) is 18.2 Å². The van der Waals surface area contributed by atoms with Gasteiger partial charge in [0.15, 0.2) is 11.6 Å². The summed E-state index contributed by atoms with van der Waals surface area (Å²) in [6.45, 7) is 24.0. The number of nitrogens with zero attached hydrogens (tertiary/aromatic N) is 8. The summed E-state index contributed by atoms with van der Waals surface area (Å²) < 4.78 is 24.5. The highest BCUT2D eigenvalue weighted by Crippen LogP contribution is 2.57. The van der Waals surface area contributed by atoms with E-state index in [0.29, 0.717) is 56.4 Å². The third-order valence-electron chi connectivity index (χ3n) is 26.6. The normalized spacial score (nSPS) is 14.5. The highest BCUT2D eigenvalue weighted by atomic mass is 32.1. The maximum Gasteiger partial charge on any atom is 0.270 e. The number of unbranched alkanes of at least 4 members (excludes halogenated alkanes) is 40. The van der Waals surface area contributed by atoms with Crippen molar-refractivity contribution in [1.29, 1.82) is 15.8 Å². The van der Waals surface area contributed by atoms with Gasteiger partial charge in [-0.25, -0.2) is 10.1 Å². The molecule has 10 aromatic rings. The van der Waals surface area contributed by atoms with Gasteiger partial charge in [0.1, 0.15) is 28.7 Å². The van der Waals surface area contributed by atoms with Crippen LogP contribution in [-0.2, 0) is 25.9 Å². The summed E-state index contributed by atoms with van der Waals surface area (Å²) in [6, 6.07) is 21.9. The molecule has 644 valence electrons. The van der Waals surface area contributed by atoms with Crippen LogP contribution in [0.1, 0.15) is 415 Å². The number of nitriles is 3. The zero-order chi connectivity index (χ0) is 84.7. The van der Waals surface area contributed by atoms with Gasteiger partial charge in [-0.1, -0.05) is 373 Å². The first-order chi connectivity index (χ1) is 59.6. The van der Waals surface area contributed by atoms with Crippen molar-refractivity contribution in [2.45, 2.75) is 389 Å². The number of hydrogen-bond donors (Lipinski definition) is 0. The summed E-state index contributed by atoms with van der Waals surface area (Å²) in [4.78, 5) is 36.3. The topological polar surface area (TPSA) is 146 Å². The Morgan fingerprint density at radius 1 is 0.380 bits per heavy atom. The van der Waals surface area contributed by atoms with Gasteiger partial charge in [0, 0.05) is 67.0 Å². The van der Waals surface area contributed by atoms with Crippen molar-refractivity contribution in [2.24, 2.45) is 11.8 Å². The van der Waals surface area contributed by atoms with Crippen molar-refractivity contribution >= 4 is 164 Å². The third kappa shape index (κ3) is 22.7. The van der Waals surface area contributed by atoms with Crippen molar-refractivity contribution < 1.29 is 9.59 Å². The van der Waals surface area contributed by atoms with Gasteiger partial charge in [-0.05, 0) is 97.6 Å². The SMILES string of the molecule is [C-]#[N+]/C(C#N)=C1\C(=C\c2sc3c(sc4c5c6nsnc6c6c7sc8c(CCCCCCCCCCC)c(/C=C9\C(=O)c%10ccccc%10C9=C(C#N)C#N)sc8c7n(CC(CCCCCCCC)CCCCCCCCCC)c6c5n(CC(CCCCCCCC)CCCCCCCCCC)c34)c2CCCCCCCCCCC)C(=O)c2ccccc21. The van der Waals surface area contributed by atoms with Gasteiger partial charge in [0.25, 0.3) is 5.70 Å². The van der Waals surface area contributed by atoms with E-state index in [1.165, 1.54) is 354 Å². The van der Waals surface area contributed by atoms with Crippen molar-refractivity contribution in [1.82, 2.24) is 17.9 Å². The van der Waals surface area contributed by atoms with E-state index in [4.69, 9.17) is 15.3 Å². The van der Waals surface area contributed by atoms with Crippen LogP contribution in [0.15, 0.2) is 70.9 Å². The number of aromatic nitrogens is 4. The molecule has 0 spiro atoms. The lowest BCUT2D eigenvalue weighted by Gasteiger charge is -2.22. The molecule has 0 radical (unpaired) electrons. The highest BCUT2D eigenvalue weighted by Gasteiger charge is 2.38. The smallest absolute Gasteiger partial charge is 0.270 e. The van der Waals surface area contributed by atoms with Crippen LogP contribution in [0.2, 0.25) is 0 Å². The zero-order valence-corrected chi connectivity index (χ0v) is 78.6. The molecule has 2 unspecified atom stereocenters. The number of Topliss-reactive ketones (excluding diaryl/α,β-unsaturated/α-hetero) is 2. The van der Waals surface area contributed by atoms with E-state index in [0.717, 1.165) is 98.1 Å².